The number of carbonyl (C=O) groups excluding carboxylic acids is 1. The number of halogens is 2. The van der Waals surface area contributed by atoms with E-state index in [0.29, 0.717) is 21.5 Å². The first-order valence-electron chi connectivity index (χ1n) is 9.43. The topological polar surface area (TPSA) is 44.7 Å². The van der Waals surface area contributed by atoms with E-state index < -0.39 is 0 Å². The van der Waals surface area contributed by atoms with Gasteiger partial charge in [-0.3, -0.25) is 4.79 Å². The number of hydrogen-bond donors (Lipinski definition) is 1. The van der Waals surface area contributed by atoms with Crippen molar-refractivity contribution in [2.24, 2.45) is 5.10 Å². The standard InChI is InChI=1S/C22H25Cl2N3O/c1-5-27-20-11-19(24)16(10-18(20)14(2)12-22(27,3)4)13-25-26-21(28)15-6-8-17(23)9-7-15/h6-11,13-14H,5,12H2,1-4H3,(H,26,28)/b25-13-. The number of benzene rings is 2. The van der Waals surface area contributed by atoms with Crippen LogP contribution in [-0.4, -0.2) is 24.2 Å². The monoisotopic (exact) mass is 417 g/mol. The van der Waals surface area contributed by atoms with Gasteiger partial charge in [0, 0.05) is 33.9 Å². The lowest BCUT2D eigenvalue weighted by atomic mass is 9.79. The van der Waals surface area contributed by atoms with Crippen molar-refractivity contribution in [2.75, 3.05) is 11.4 Å². The average molecular weight is 418 g/mol. The number of hydrogen-bond acceptors (Lipinski definition) is 3. The number of anilines is 1. The minimum Gasteiger partial charge on any atom is -0.366 e. The zero-order valence-electron chi connectivity index (χ0n) is 16.6. The molecule has 0 spiro atoms. The molecule has 1 heterocycles. The SMILES string of the molecule is CCN1c2cc(Cl)c(/C=N\NC(=O)c3ccc(Cl)cc3)cc2C(C)CC1(C)C. The van der Waals surface area contributed by atoms with Crippen LogP contribution in [-0.2, 0) is 0 Å². The summed E-state index contributed by atoms with van der Waals surface area (Å²) in [6.07, 6.45) is 2.67. The average Bonchev–Trinajstić information content (AvgIpc) is 2.62. The molecule has 0 aromatic heterocycles. The summed E-state index contributed by atoms with van der Waals surface area (Å²) in [5.74, 6) is 0.121. The summed E-state index contributed by atoms with van der Waals surface area (Å²) in [6, 6.07) is 10.7. The lowest BCUT2D eigenvalue weighted by molar-refractivity contribution is 0.0955. The third-order valence-electron chi connectivity index (χ3n) is 5.30. The highest BCUT2D eigenvalue weighted by Crippen LogP contribution is 2.44. The van der Waals surface area contributed by atoms with Crippen molar-refractivity contribution in [3.05, 3.63) is 63.1 Å². The van der Waals surface area contributed by atoms with E-state index in [1.807, 2.05) is 6.07 Å². The third-order valence-corrected chi connectivity index (χ3v) is 5.88. The normalized spacial score (nSPS) is 18.2. The molecule has 3 rings (SSSR count). The maximum absolute atomic E-state index is 12.2. The van der Waals surface area contributed by atoms with Gasteiger partial charge in [0.1, 0.15) is 0 Å². The van der Waals surface area contributed by atoms with E-state index >= 15 is 0 Å². The molecule has 0 aliphatic carbocycles. The van der Waals surface area contributed by atoms with Gasteiger partial charge in [-0.05, 0) is 75.1 Å². The van der Waals surface area contributed by atoms with Gasteiger partial charge in [-0.1, -0.05) is 30.1 Å². The maximum Gasteiger partial charge on any atom is 0.271 e. The van der Waals surface area contributed by atoms with Crippen LogP contribution in [0, 0.1) is 0 Å². The van der Waals surface area contributed by atoms with Crippen molar-refractivity contribution < 1.29 is 4.79 Å². The Kier molecular flexibility index (Phi) is 6.01. The first kappa shape index (κ1) is 20.7. The van der Waals surface area contributed by atoms with Crippen molar-refractivity contribution in [3.63, 3.8) is 0 Å². The van der Waals surface area contributed by atoms with Crippen molar-refractivity contribution in [2.45, 2.75) is 45.6 Å². The Hall–Kier alpha value is -2.04. The van der Waals surface area contributed by atoms with Gasteiger partial charge in [0.2, 0.25) is 0 Å². The molecule has 2 aromatic rings. The second-order valence-electron chi connectivity index (χ2n) is 7.80. The molecule has 28 heavy (non-hydrogen) atoms. The smallest absolute Gasteiger partial charge is 0.271 e. The first-order valence-corrected chi connectivity index (χ1v) is 10.2. The lowest BCUT2D eigenvalue weighted by Gasteiger charge is -2.47. The van der Waals surface area contributed by atoms with Crippen LogP contribution in [0.15, 0.2) is 41.5 Å². The first-order chi connectivity index (χ1) is 13.2. The third kappa shape index (κ3) is 4.18. The van der Waals surface area contributed by atoms with E-state index in [9.17, 15) is 4.79 Å². The molecule has 0 saturated heterocycles. The van der Waals surface area contributed by atoms with Crippen molar-refractivity contribution in [1.29, 1.82) is 0 Å². The molecule has 2 aromatic carbocycles. The molecule has 1 aliphatic rings. The highest BCUT2D eigenvalue weighted by molar-refractivity contribution is 6.33. The summed E-state index contributed by atoms with van der Waals surface area (Å²) < 4.78 is 0. The Balaban J connectivity index is 1.82. The minimum absolute atomic E-state index is 0.0899. The van der Waals surface area contributed by atoms with Crippen LogP contribution in [0.4, 0.5) is 5.69 Å². The fourth-order valence-corrected chi connectivity index (χ4v) is 4.38. The van der Waals surface area contributed by atoms with Gasteiger partial charge in [-0.15, -0.1) is 0 Å². The molecule has 0 fully saturated rings. The Morgan fingerprint density at radius 3 is 2.61 bits per heavy atom. The quantitative estimate of drug-likeness (QED) is 0.499. The number of nitrogens with zero attached hydrogens (tertiary/aromatic N) is 2. The lowest BCUT2D eigenvalue weighted by Crippen LogP contribution is -2.48. The Bertz CT molecular complexity index is 907. The molecule has 1 amide bonds. The number of carbonyl (C=O) groups is 1. The van der Waals surface area contributed by atoms with E-state index in [4.69, 9.17) is 23.2 Å². The van der Waals surface area contributed by atoms with Crippen molar-refractivity contribution >= 4 is 41.0 Å². The fraction of sp³-hybridized carbons (Fsp3) is 0.364. The van der Waals surface area contributed by atoms with Crippen LogP contribution < -0.4 is 10.3 Å². The predicted octanol–water partition coefficient (Wildman–Crippen LogP) is 5.87. The Labute approximate surface area is 176 Å². The number of nitrogens with one attached hydrogen (secondary N) is 1. The summed E-state index contributed by atoms with van der Waals surface area (Å²) in [6.45, 7) is 9.87. The molecule has 148 valence electrons. The van der Waals surface area contributed by atoms with E-state index in [2.05, 4.69) is 49.2 Å². The zero-order valence-corrected chi connectivity index (χ0v) is 18.1. The summed E-state index contributed by atoms with van der Waals surface area (Å²) >= 11 is 12.4. The van der Waals surface area contributed by atoms with Gasteiger partial charge in [0.15, 0.2) is 0 Å². The van der Waals surface area contributed by atoms with Crippen LogP contribution in [0.2, 0.25) is 10.0 Å². The molecule has 4 nitrogen and oxygen atoms in total. The summed E-state index contributed by atoms with van der Waals surface area (Å²) in [5, 5.41) is 5.29. The molecular weight excluding hydrogens is 393 g/mol. The highest BCUT2D eigenvalue weighted by atomic mass is 35.5. The number of rotatable bonds is 4. The van der Waals surface area contributed by atoms with Crippen molar-refractivity contribution in [3.8, 4) is 0 Å². The van der Waals surface area contributed by atoms with Gasteiger partial charge < -0.3 is 4.90 Å². The predicted molar refractivity (Wildman–Crippen MR) is 118 cm³/mol. The van der Waals surface area contributed by atoms with Crippen LogP contribution in [0.25, 0.3) is 0 Å². The van der Waals surface area contributed by atoms with Crippen molar-refractivity contribution in [1.82, 2.24) is 5.43 Å². The fourth-order valence-electron chi connectivity index (χ4n) is 4.04. The number of hydrazone groups is 1. The summed E-state index contributed by atoms with van der Waals surface area (Å²) in [4.78, 5) is 14.6. The highest BCUT2D eigenvalue weighted by Gasteiger charge is 2.35. The summed E-state index contributed by atoms with van der Waals surface area (Å²) in [7, 11) is 0. The second kappa shape index (κ2) is 8.14. The molecule has 1 atom stereocenters. The van der Waals surface area contributed by atoms with Gasteiger partial charge in [-0.25, -0.2) is 5.43 Å². The number of fused-ring (bicyclic) bond motifs is 1. The largest absolute Gasteiger partial charge is 0.366 e. The van der Waals surface area contributed by atoms with Gasteiger partial charge in [-0.2, -0.15) is 5.10 Å². The summed E-state index contributed by atoms with van der Waals surface area (Å²) in [5.41, 5.74) is 6.35. The van der Waals surface area contributed by atoms with Crippen LogP contribution in [0.5, 0.6) is 0 Å². The maximum atomic E-state index is 12.2. The van der Waals surface area contributed by atoms with E-state index in [1.165, 1.54) is 11.3 Å². The number of amides is 1. The van der Waals surface area contributed by atoms with E-state index in [1.54, 1.807) is 30.5 Å². The molecule has 1 unspecified atom stereocenters. The molecule has 1 N–H and O–H groups in total. The Morgan fingerprint density at radius 2 is 1.96 bits per heavy atom. The van der Waals surface area contributed by atoms with Crippen LogP contribution in [0.1, 0.15) is 61.5 Å². The van der Waals surface area contributed by atoms with Crippen LogP contribution >= 0.6 is 23.2 Å². The zero-order chi connectivity index (χ0) is 20.5. The van der Waals surface area contributed by atoms with E-state index in [0.717, 1.165) is 18.5 Å². The van der Waals surface area contributed by atoms with Gasteiger partial charge in [0.05, 0.1) is 11.2 Å². The van der Waals surface area contributed by atoms with Gasteiger partial charge in [0.25, 0.3) is 5.91 Å². The molecule has 1 aliphatic heterocycles. The second-order valence-corrected chi connectivity index (χ2v) is 8.64. The van der Waals surface area contributed by atoms with E-state index in [-0.39, 0.29) is 11.4 Å². The molecule has 6 heteroatoms. The molecule has 0 saturated carbocycles. The molecular formula is C22H25Cl2N3O. The minimum atomic E-state index is -0.297. The molecule has 0 bridgehead atoms. The molecule has 0 radical (unpaired) electrons. The van der Waals surface area contributed by atoms with Crippen LogP contribution in [0.3, 0.4) is 0 Å². The Morgan fingerprint density at radius 1 is 1.29 bits per heavy atom. The van der Waals surface area contributed by atoms with Gasteiger partial charge >= 0.3 is 0 Å².